The van der Waals surface area contributed by atoms with E-state index in [2.05, 4.69) is 45.7 Å². The molecule has 2 unspecified atom stereocenters. The molecule has 1 spiro atoms. The SMILES string of the molecule is C#C[C@H](C)CC1(OC)CCC2(O[C@H](CCOCc3ccccc3)CC[C@@]2(C)O[Si](CC)(CC)CC)O1. The van der Waals surface area contributed by atoms with E-state index >= 15 is 0 Å². The molecule has 5 nitrogen and oxygen atoms in total. The molecule has 36 heavy (non-hydrogen) atoms. The zero-order chi connectivity index (χ0) is 26.3. The number of terminal acetylenes is 1. The Hall–Kier alpha value is -1.20. The van der Waals surface area contributed by atoms with Crippen LogP contribution < -0.4 is 0 Å². The van der Waals surface area contributed by atoms with Gasteiger partial charge in [0.2, 0.25) is 0 Å². The molecule has 2 fully saturated rings. The molecular weight excluding hydrogens is 468 g/mol. The summed E-state index contributed by atoms with van der Waals surface area (Å²) < 4.78 is 33.1. The van der Waals surface area contributed by atoms with Crippen molar-refractivity contribution in [1.29, 1.82) is 0 Å². The number of hydrogen-bond acceptors (Lipinski definition) is 5. The second kappa shape index (κ2) is 12.6. The van der Waals surface area contributed by atoms with Crippen molar-refractivity contribution >= 4 is 8.32 Å². The zero-order valence-corrected chi connectivity index (χ0v) is 24.4. The molecule has 0 aromatic heterocycles. The van der Waals surface area contributed by atoms with Crippen LogP contribution in [0, 0.1) is 18.3 Å². The summed E-state index contributed by atoms with van der Waals surface area (Å²) >= 11 is 0. The summed E-state index contributed by atoms with van der Waals surface area (Å²) in [6, 6.07) is 13.6. The summed E-state index contributed by atoms with van der Waals surface area (Å²) in [6.07, 6.45) is 10.6. The number of ether oxygens (including phenoxy) is 4. The largest absolute Gasteiger partial charge is 0.406 e. The topological polar surface area (TPSA) is 46.2 Å². The van der Waals surface area contributed by atoms with Crippen LogP contribution in [-0.4, -0.2) is 45.3 Å². The molecule has 0 N–H and O–H groups in total. The van der Waals surface area contributed by atoms with E-state index in [4.69, 9.17) is 29.8 Å². The fourth-order valence-corrected chi connectivity index (χ4v) is 9.09. The summed E-state index contributed by atoms with van der Waals surface area (Å²) in [5, 5.41) is 0. The zero-order valence-electron chi connectivity index (χ0n) is 23.4. The van der Waals surface area contributed by atoms with E-state index in [1.165, 1.54) is 5.56 Å². The molecule has 1 aromatic rings. The molecule has 0 aliphatic carbocycles. The van der Waals surface area contributed by atoms with Crippen molar-refractivity contribution in [2.24, 2.45) is 5.92 Å². The van der Waals surface area contributed by atoms with Gasteiger partial charge in [0.25, 0.3) is 0 Å². The van der Waals surface area contributed by atoms with Crippen LogP contribution in [0.1, 0.15) is 78.7 Å². The monoisotopic (exact) mass is 516 g/mol. The van der Waals surface area contributed by atoms with Gasteiger partial charge in [0.1, 0.15) is 5.60 Å². The maximum atomic E-state index is 7.21. The van der Waals surface area contributed by atoms with E-state index in [0.29, 0.717) is 19.6 Å². The first kappa shape index (κ1) is 29.4. The van der Waals surface area contributed by atoms with Gasteiger partial charge in [-0.1, -0.05) is 58.0 Å². The Morgan fingerprint density at radius 1 is 1.11 bits per heavy atom. The van der Waals surface area contributed by atoms with Crippen LogP contribution in [0.3, 0.4) is 0 Å². The van der Waals surface area contributed by atoms with Crippen molar-refractivity contribution in [2.75, 3.05) is 13.7 Å². The van der Waals surface area contributed by atoms with Crippen molar-refractivity contribution < 1.29 is 23.4 Å². The van der Waals surface area contributed by atoms with Crippen molar-refractivity contribution in [3.63, 3.8) is 0 Å². The lowest BCUT2D eigenvalue weighted by atomic mass is 9.83. The van der Waals surface area contributed by atoms with Crippen LogP contribution in [0.2, 0.25) is 18.1 Å². The normalized spacial score (nSPS) is 31.4. The number of methoxy groups -OCH3 is 1. The Bertz CT molecular complexity index is 844. The molecule has 202 valence electrons. The van der Waals surface area contributed by atoms with Crippen LogP contribution in [0.25, 0.3) is 0 Å². The molecule has 0 bridgehead atoms. The maximum Gasteiger partial charge on any atom is 0.199 e. The quantitative estimate of drug-likeness (QED) is 0.159. The van der Waals surface area contributed by atoms with Gasteiger partial charge in [-0.3, -0.25) is 0 Å². The molecule has 2 aliphatic heterocycles. The molecule has 0 saturated carbocycles. The van der Waals surface area contributed by atoms with E-state index in [9.17, 15) is 0 Å². The molecule has 3 rings (SSSR count). The average molecular weight is 517 g/mol. The fourth-order valence-electron chi connectivity index (χ4n) is 5.94. The summed E-state index contributed by atoms with van der Waals surface area (Å²) in [5.74, 6) is 1.29. The second-order valence-electron chi connectivity index (χ2n) is 10.9. The van der Waals surface area contributed by atoms with Gasteiger partial charge in [-0.2, -0.15) is 0 Å². The van der Waals surface area contributed by atoms with Gasteiger partial charge in [-0.25, -0.2) is 0 Å². The minimum Gasteiger partial charge on any atom is -0.406 e. The van der Waals surface area contributed by atoms with Crippen LogP contribution in [0.15, 0.2) is 30.3 Å². The van der Waals surface area contributed by atoms with Crippen molar-refractivity contribution in [3.05, 3.63) is 35.9 Å². The van der Waals surface area contributed by atoms with Crippen molar-refractivity contribution in [1.82, 2.24) is 0 Å². The highest BCUT2D eigenvalue weighted by atomic mass is 28.4. The number of benzene rings is 1. The Labute approximate surface area is 220 Å². The minimum atomic E-state index is -1.91. The van der Waals surface area contributed by atoms with Crippen LogP contribution >= 0.6 is 0 Å². The summed E-state index contributed by atoms with van der Waals surface area (Å²) in [7, 11) is -0.191. The molecule has 2 heterocycles. The van der Waals surface area contributed by atoms with Crippen LogP contribution in [0.4, 0.5) is 0 Å². The van der Waals surface area contributed by atoms with Gasteiger partial charge in [-0.15, -0.1) is 12.3 Å². The first-order valence-electron chi connectivity index (χ1n) is 13.9. The molecule has 2 saturated heterocycles. The Morgan fingerprint density at radius 2 is 1.81 bits per heavy atom. The predicted octanol–water partition coefficient (Wildman–Crippen LogP) is 7.06. The predicted molar refractivity (Wildman–Crippen MR) is 147 cm³/mol. The van der Waals surface area contributed by atoms with Gasteiger partial charge < -0.3 is 23.4 Å². The number of hydrogen-bond donors (Lipinski definition) is 0. The van der Waals surface area contributed by atoms with Gasteiger partial charge in [0, 0.05) is 38.9 Å². The van der Waals surface area contributed by atoms with E-state index in [-0.39, 0.29) is 12.0 Å². The fraction of sp³-hybridized carbons (Fsp3) is 0.733. The third-order valence-corrected chi connectivity index (χ3v) is 13.4. The summed E-state index contributed by atoms with van der Waals surface area (Å²) in [5.41, 5.74) is 0.661. The molecule has 5 atom stereocenters. The maximum absolute atomic E-state index is 7.21. The van der Waals surface area contributed by atoms with E-state index < -0.39 is 25.5 Å². The van der Waals surface area contributed by atoms with Crippen LogP contribution in [-0.2, 0) is 30.0 Å². The first-order chi connectivity index (χ1) is 17.2. The van der Waals surface area contributed by atoms with Gasteiger partial charge in [-0.05, 0) is 49.9 Å². The lowest BCUT2D eigenvalue weighted by molar-refractivity contribution is -0.386. The highest BCUT2D eigenvalue weighted by Gasteiger charge is 2.64. The van der Waals surface area contributed by atoms with E-state index in [1.807, 2.05) is 25.1 Å². The smallest absolute Gasteiger partial charge is 0.199 e. The summed E-state index contributed by atoms with van der Waals surface area (Å²) in [4.78, 5) is 0. The summed E-state index contributed by atoms with van der Waals surface area (Å²) in [6.45, 7) is 12.3. The minimum absolute atomic E-state index is 0.0495. The molecule has 0 radical (unpaired) electrons. The van der Waals surface area contributed by atoms with Gasteiger partial charge in [0.15, 0.2) is 19.9 Å². The molecule has 6 heteroatoms. The highest BCUT2D eigenvalue weighted by Crippen LogP contribution is 2.55. The molecule has 2 aliphatic rings. The van der Waals surface area contributed by atoms with E-state index in [1.54, 1.807) is 7.11 Å². The average Bonchev–Trinajstić information content (AvgIpc) is 3.28. The molecule has 1 aromatic carbocycles. The first-order valence-corrected chi connectivity index (χ1v) is 16.5. The standard InChI is InChI=1S/C30H48O5Si/c1-8-25(5)23-29(31-7)20-21-30(34-29)28(6,35-36(9-2,10-3)11-4)19-17-27(33-30)18-22-32-24-26-15-13-12-14-16-26/h1,12-16,25,27H,9-11,17-24H2,2-7H3/t25-,27-,28+,29?,30?/m0/s1. The van der Waals surface area contributed by atoms with E-state index in [0.717, 1.165) is 50.2 Å². The van der Waals surface area contributed by atoms with Gasteiger partial charge in [0.05, 0.1) is 12.7 Å². The third-order valence-electron chi connectivity index (χ3n) is 8.64. The third kappa shape index (κ3) is 6.43. The van der Waals surface area contributed by atoms with Crippen LogP contribution in [0.5, 0.6) is 0 Å². The number of rotatable bonds is 13. The highest BCUT2D eigenvalue weighted by molar-refractivity contribution is 6.73. The van der Waals surface area contributed by atoms with Crippen molar-refractivity contribution in [3.8, 4) is 12.3 Å². The van der Waals surface area contributed by atoms with Crippen molar-refractivity contribution in [2.45, 2.75) is 121 Å². The Morgan fingerprint density at radius 3 is 2.42 bits per heavy atom. The lowest BCUT2D eigenvalue weighted by Gasteiger charge is -2.54. The Kier molecular flexibility index (Phi) is 10.2. The molecular formula is C30H48O5Si. The lowest BCUT2D eigenvalue weighted by Crippen LogP contribution is -2.64. The molecule has 0 amide bonds. The van der Waals surface area contributed by atoms with Gasteiger partial charge >= 0.3 is 0 Å². The Balaban J connectivity index is 1.77. The second-order valence-corrected chi connectivity index (χ2v) is 15.6.